The Kier molecular flexibility index (Phi) is 7.56. The molecule has 0 aliphatic carbocycles. The molecular weight excluding hydrogens is 502 g/mol. The lowest BCUT2D eigenvalue weighted by molar-refractivity contribution is -0.139. The standard InChI is InChI=1S/C29H33N3O5S/c1-5-35-28(34)25-19(4)30-29-32(26(25)21-11-7-8-12-22(21)36-18(2)3)27(33)23(38-29)17-20-13-14-24(37-20)31-15-9-6-10-16-31/h7-8,11-14,17-18,26H,5-6,9-10,15-16H2,1-4H3/b23-17+. The van der Waals surface area contributed by atoms with E-state index < -0.39 is 12.0 Å². The van der Waals surface area contributed by atoms with Gasteiger partial charge < -0.3 is 18.8 Å². The van der Waals surface area contributed by atoms with Crippen LogP contribution in [0.25, 0.3) is 6.08 Å². The summed E-state index contributed by atoms with van der Waals surface area (Å²) in [4.78, 5) is 34.5. The van der Waals surface area contributed by atoms with Crippen LogP contribution in [0.5, 0.6) is 5.75 Å². The third-order valence-corrected chi connectivity index (χ3v) is 7.63. The highest BCUT2D eigenvalue weighted by molar-refractivity contribution is 7.07. The summed E-state index contributed by atoms with van der Waals surface area (Å²) in [6, 6.07) is 10.6. The van der Waals surface area contributed by atoms with E-state index in [0.717, 1.165) is 31.8 Å². The van der Waals surface area contributed by atoms with Crippen LogP contribution in [0.4, 0.5) is 5.88 Å². The molecular formula is C29H33N3O5S. The third kappa shape index (κ3) is 5.07. The second-order valence-electron chi connectivity index (χ2n) is 9.73. The Balaban J connectivity index is 1.64. The number of carbonyl (C=O) groups excluding carboxylic acids is 1. The van der Waals surface area contributed by atoms with E-state index in [9.17, 15) is 9.59 Å². The Bertz CT molecular complexity index is 1540. The molecule has 0 spiro atoms. The van der Waals surface area contributed by atoms with Gasteiger partial charge in [0, 0.05) is 30.8 Å². The number of para-hydroxylation sites is 1. The number of piperidine rings is 1. The van der Waals surface area contributed by atoms with Crippen molar-refractivity contribution in [2.75, 3.05) is 24.6 Å². The van der Waals surface area contributed by atoms with Gasteiger partial charge >= 0.3 is 5.97 Å². The zero-order valence-corrected chi connectivity index (χ0v) is 23.0. The van der Waals surface area contributed by atoms with Crippen molar-refractivity contribution in [1.82, 2.24) is 4.57 Å². The summed E-state index contributed by atoms with van der Waals surface area (Å²) < 4.78 is 19.7. The fourth-order valence-electron chi connectivity index (χ4n) is 4.99. The van der Waals surface area contributed by atoms with Crippen molar-refractivity contribution in [3.8, 4) is 5.75 Å². The fourth-order valence-corrected chi connectivity index (χ4v) is 6.01. The molecule has 5 rings (SSSR count). The molecule has 2 aliphatic heterocycles. The molecule has 0 saturated carbocycles. The monoisotopic (exact) mass is 535 g/mol. The smallest absolute Gasteiger partial charge is 0.338 e. The minimum atomic E-state index is -0.733. The van der Waals surface area contributed by atoms with Crippen molar-refractivity contribution in [2.45, 2.75) is 59.1 Å². The molecule has 0 radical (unpaired) electrons. The first kappa shape index (κ1) is 26.0. The number of benzene rings is 1. The average Bonchev–Trinajstić information content (AvgIpc) is 3.48. The molecule has 1 aromatic carbocycles. The maximum Gasteiger partial charge on any atom is 0.338 e. The molecule has 8 nitrogen and oxygen atoms in total. The van der Waals surface area contributed by atoms with Crippen LogP contribution in [0, 0.1) is 0 Å². The maximum absolute atomic E-state index is 13.9. The lowest BCUT2D eigenvalue weighted by atomic mass is 9.95. The number of carbonyl (C=O) groups is 1. The van der Waals surface area contributed by atoms with Gasteiger partial charge in [0.15, 0.2) is 10.7 Å². The van der Waals surface area contributed by atoms with Crippen molar-refractivity contribution in [3.05, 3.63) is 78.7 Å². The van der Waals surface area contributed by atoms with E-state index >= 15 is 0 Å². The fraction of sp³-hybridized carbons (Fsp3) is 0.414. The number of aromatic nitrogens is 1. The first-order valence-electron chi connectivity index (χ1n) is 13.2. The molecule has 1 fully saturated rings. The maximum atomic E-state index is 13.9. The number of esters is 1. The van der Waals surface area contributed by atoms with E-state index in [4.69, 9.17) is 13.9 Å². The highest BCUT2D eigenvalue weighted by Gasteiger charge is 2.35. The summed E-state index contributed by atoms with van der Waals surface area (Å²) in [5.41, 5.74) is 1.31. The Morgan fingerprint density at radius 1 is 1.18 bits per heavy atom. The summed E-state index contributed by atoms with van der Waals surface area (Å²) >= 11 is 1.28. The topological polar surface area (TPSA) is 86.3 Å². The minimum absolute atomic E-state index is 0.0869. The number of allylic oxidation sites excluding steroid dienone is 1. The number of rotatable bonds is 7. The highest BCUT2D eigenvalue weighted by atomic mass is 32.1. The number of fused-ring (bicyclic) bond motifs is 1. The van der Waals surface area contributed by atoms with Gasteiger partial charge in [-0.15, -0.1) is 0 Å². The SMILES string of the molecule is CCOC(=O)C1=C(C)N=c2s/c(=C/c3ccc(N4CCCCC4)o3)c(=O)n2C1c1ccccc1OC(C)C. The number of thiazole rings is 1. The highest BCUT2D eigenvalue weighted by Crippen LogP contribution is 2.36. The zero-order chi connectivity index (χ0) is 26.8. The molecule has 0 amide bonds. The number of anilines is 1. The number of furan rings is 1. The molecule has 1 unspecified atom stereocenters. The Labute approximate surface area is 225 Å². The average molecular weight is 536 g/mol. The predicted octanol–water partition coefficient (Wildman–Crippen LogP) is 4.17. The molecule has 1 saturated heterocycles. The lowest BCUT2D eigenvalue weighted by Crippen LogP contribution is -2.40. The third-order valence-electron chi connectivity index (χ3n) is 6.65. The van der Waals surface area contributed by atoms with Gasteiger partial charge in [-0.2, -0.15) is 0 Å². The van der Waals surface area contributed by atoms with E-state index in [-0.39, 0.29) is 18.3 Å². The van der Waals surface area contributed by atoms with Crippen LogP contribution in [-0.2, 0) is 9.53 Å². The molecule has 200 valence electrons. The molecule has 1 atom stereocenters. The Morgan fingerprint density at radius 2 is 1.95 bits per heavy atom. The van der Waals surface area contributed by atoms with Crippen LogP contribution < -0.4 is 24.5 Å². The van der Waals surface area contributed by atoms with Crippen LogP contribution in [0.1, 0.15) is 64.3 Å². The minimum Gasteiger partial charge on any atom is -0.491 e. The van der Waals surface area contributed by atoms with Crippen molar-refractivity contribution >= 4 is 29.3 Å². The van der Waals surface area contributed by atoms with Crippen molar-refractivity contribution in [2.24, 2.45) is 4.99 Å². The summed E-state index contributed by atoms with van der Waals surface area (Å²) in [7, 11) is 0. The number of hydrogen-bond acceptors (Lipinski definition) is 8. The van der Waals surface area contributed by atoms with Gasteiger partial charge in [0.1, 0.15) is 17.6 Å². The Morgan fingerprint density at radius 3 is 2.68 bits per heavy atom. The molecule has 9 heteroatoms. The van der Waals surface area contributed by atoms with E-state index in [1.54, 1.807) is 24.5 Å². The second kappa shape index (κ2) is 11.0. The number of ether oxygens (including phenoxy) is 2. The van der Waals surface area contributed by atoms with E-state index in [0.29, 0.717) is 37.7 Å². The lowest BCUT2D eigenvalue weighted by Gasteiger charge is -2.26. The van der Waals surface area contributed by atoms with Crippen molar-refractivity contribution < 1.29 is 18.7 Å². The summed E-state index contributed by atoms with van der Waals surface area (Å²) in [6.07, 6.45) is 5.22. The van der Waals surface area contributed by atoms with E-state index in [1.807, 2.05) is 50.2 Å². The normalized spacial score (nSPS) is 18.0. The first-order valence-corrected chi connectivity index (χ1v) is 14.0. The first-order chi connectivity index (χ1) is 18.4. The van der Waals surface area contributed by atoms with Crippen molar-refractivity contribution in [1.29, 1.82) is 0 Å². The summed E-state index contributed by atoms with van der Waals surface area (Å²) in [6.45, 7) is 9.59. The van der Waals surface area contributed by atoms with Gasteiger partial charge in [-0.1, -0.05) is 29.5 Å². The Hall–Kier alpha value is -3.59. The van der Waals surface area contributed by atoms with Crippen LogP contribution >= 0.6 is 11.3 Å². The van der Waals surface area contributed by atoms with Gasteiger partial charge in [-0.25, -0.2) is 9.79 Å². The number of hydrogen-bond donors (Lipinski definition) is 0. The van der Waals surface area contributed by atoms with Crippen LogP contribution in [0.15, 0.2) is 61.9 Å². The molecule has 4 heterocycles. The largest absolute Gasteiger partial charge is 0.491 e. The van der Waals surface area contributed by atoms with Crippen LogP contribution in [0.3, 0.4) is 0 Å². The quantitative estimate of drug-likeness (QED) is 0.422. The van der Waals surface area contributed by atoms with Crippen LogP contribution in [-0.4, -0.2) is 36.3 Å². The van der Waals surface area contributed by atoms with Gasteiger partial charge in [0.2, 0.25) is 0 Å². The zero-order valence-electron chi connectivity index (χ0n) is 22.2. The molecule has 2 aromatic heterocycles. The van der Waals surface area contributed by atoms with Gasteiger partial charge in [0.05, 0.1) is 28.5 Å². The molecule has 3 aromatic rings. The molecule has 2 aliphatic rings. The predicted molar refractivity (Wildman–Crippen MR) is 147 cm³/mol. The van der Waals surface area contributed by atoms with Gasteiger partial charge in [-0.05, 0) is 59.1 Å². The van der Waals surface area contributed by atoms with Gasteiger partial charge in [0.25, 0.3) is 5.56 Å². The second-order valence-corrected chi connectivity index (χ2v) is 10.7. The van der Waals surface area contributed by atoms with Crippen LogP contribution in [0.2, 0.25) is 0 Å². The van der Waals surface area contributed by atoms with E-state index in [1.165, 1.54) is 17.8 Å². The summed E-state index contributed by atoms with van der Waals surface area (Å²) in [5, 5.41) is 0. The summed E-state index contributed by atoms with van der Waals surface area (Å²) in [5.74, 6) is 1.54. The van der Waals surface area contributed by atoms with E-state index in [2.05, 4.69) is 9.89 Å². The number of nitrogens with zero attached hydrogens (tertiary/aromatic N) is 3. The molecule has 0 bridgehead atoms. The molecule has 38 heavy (non-hydrogen) atoms. The molecule has 0 N–H and O–H groups in total. The van der Waals surface area contributed by atoms with Crippen molar-refractivity contribution in [3.63, 3.8) is 0 Å². The van der Waals surface area contributed by atoms with Gasteiger partial charge in [-0.3, -0.25) is 9.36 Å².